The summed E-state index contributed by atoms with van der Waals surface area (Å²) in [5.74, 6) is -0.0921. The van der Waals surface area contributed by atoms with Crippen molar-refractivity contribution in [3.8, 4) is 0 Å². The number of halogens is 2. The summed E-state index contributed by atoms with van der Waals surface area (Å²) in [6.07, 6.45) is 3.61. The minimum atomic E-state index is -0.0921. The molecule has 0 spiro atoms. The zero-order valence-electron chi connectivity index (χ0n) is 10.3. The Morgan fingerprint density at radius 1 is 1.41 bits per heavy atom. The van der Waals surface area contributed by atoms with Gasteiger partial charge < -0.3 is 4.74 Å². The smallest absolute Gasteiger partial charge is 0.129 e. The molecule has 94 valence electrons. The molecule has 0 radical (unpaired) electrons. The maximum absolute atomic E-state index is 13.5. The zero-order chi connectivity index (χ0) is 12.4. The van der Waals surface area contributed by atoms with Crippen LogP contribution in [0.5, 0.6) is 0 Å². The molecule has 17 heavy (non-hydrogen) atoms. The molecule has 1 nitrogen and oxygen atoms in total. The summed E-state index contributed by atoms with van der Waals surface area (Å²) in [4.78, 5) is 0.253. The van der Waals surface area contributed by atoms with Gasteiger partial charge >= 0.3 is 0 Å². The summed E-state index contributed by atoms with van der Waals surface area (Å²) in [7, 11) is 0. The van der Waals surface area contributed by atoms with Crippen molar-refractivity contribution in [2.75, 3.05) is 6.61 Å². The van der Waals surface area contributed by atoms with E-state index >= 15 is 0 Å². The fourth-order valence-electron chi connectivity index (χ4n) is 2.36. The SMILES string of the molecule is Cc1cc(C(Br)CC2CCCO2)cc(C)c1F. The Labute approximate surface area is 110 Å². The van der Waals surface area contributed by atoms with Crippen LogP contribution in [-0.4, -0.2) is 12.7 Å². The van der Waals surface area contributed by atoms with Crippen molar-refractivity contribution in [3.05, 3.63) is 34.6 Å². The number of ether oxygens (including phenoxy) is 1. The molecule has 0 bridgehead atoms. The highest BCUT2D eigenvalue weighted by molar-refractivity contribution is 9.09. The lowest BCUT2D eigenvalue weighted by atomic mass is 10.0. The van der Waals surface area contributed by atoms with E-state index in [1.807, 2.05) is 26.0 Å². The topological polar surface area (TPSA) is 9.23 Å². The van der Waals surface area contributed by atoms with Gasteiger partial charge in [-0.3, -0.25) is 0 Å². The maximum Gasteiger partial charge on any atom is 0.129 e. The summed E-state index contributed by atoms with van der Waals surface area (Å²) < 4.78 is 19.2. The average Bonchev–Trinajstić information content (AvgIpc) is 2.77. The molecule has 2 unspecified atom stereocenters. The average molecular weight is 301 g/mol. The molecule has 1 fully saturated rings. The Bertz CT molecular complexity index is 376. The van der Waals surface area contributed by atoms with Crippen LogP contribution < -0.4 is 0 Å². The lowest BCUT2D eigenvalue weighted by molar-refractivity contribution is 0.104. The van der Waals surface area contributed by atoms with E-state index in [0.717, 1.165) is 42.6 Å². The van der Waals surface area contributed by atoms with Crippen molar-refractivity contribution in [2.45, 2.75) is 44.0 Å². The van der Waals surface area contributed by atoms with Crippen LogP contribution in [0.2, 0.25) is 0 Å². The highest BCUT2D eigenvalue weighted by atomic mass is 79.9. The van der Waals surface area contributed by atoms with E-state index in [4.69, 9.17) is 4.74 Å². The summed E-state index contributed by atoms with van der Waals surface area (Å²) in [5, 5.41) is 0. The highest BCUT2D eigenvalue weighted by Crippen LogP contribution is 2.33. The van der Waals surface area contributed by atoms with Crippen molar-refractivity contribution in [1.29, 1.82) is 0 Å². The molecule has 1 aromatic rings. The van der Waals surface area contributed by atoms with Gasteiger partial charge in [-0.15, -0.1) is 0 Å². The molecule has 1 aromatic carbocycles. The van der Waals surface area contributed by atoms with Crippen molar-refractivity contribution in [2.24, 2.45) is 0 Å². The van der Waals surface area contributed by atoms with Crippen molar-refractivity contribution in [1.82, 2.24) is 0 Å². The largest absolute Gasteiger partial charge is 0.378 e. The number of hydrogen-bond donors (Lipinski definition) is 0. The second-order valence-electron chi connectivity index (χ2n) is 4.81. The summed E-state index contributed by atoms with van der Waals surface area (Å²) >= 11 is 3.69. The molecule has 3 heteroatoms. The van der Waals surface area contributed by atoms with E-state index in [1.165, 1.54) is 0 Å². The molecule has 2 atom stereocenters. The van der Waals surface area contributed by atoms with E-state index in [9.17, 15) is 4.39 Å². The molecule has 0 N–H and O–H groups in total. The molecular weight excluding hydrogens is 283 g/mol. The third-order valence-electron chi connectivity index (χ3n) is 3.31. The van der Waals surface area contributed by atoms with E-state index in [-0.39, 0.29) is 10.6 Å². The van der Waals surface area contributed by atoms with Crippen molar-refractivity contribution >= 4 is 15.9 Å². The predicted octanol–water partition coefficient (Wildman–Crippen LogP) is 4.45. The number of benzene rings is 1. The quantitative estimate of drug-likeness (QED) is 0.750. The van der Waals surface area contributed by atoms with Crippen LogP contribution >= 0.6 is 15.9 Å². The van der Waals surface area contributed by atoms with Crippen molar-refractivity contribution in [3.63, 3.8) is 0 Å². The molecule has 0 aliphatic carbocycles. The summed E-state index contributed by atoms with van der Waals surface area (Å²) in [6.45, 7) is 4.51. The molecule has 1 heterocycles. The lowest BCUT2D eigenvalue weighted by Gasteiger charge is -2.16. The summed E-state index contributed by atoms with van der Waals surface area (Å²) in [6, 6.07) is 3.85. The number of aryl methyl sites for hydroxylation is 2. The monoisotopic (exact) mass is 300 g/mol. The van der Waals surface area contributed by atoms with E-state index in [2.05, 4.69) is 15.9 Å². The summed E-state index contributed by atoms with van der Waals surface area (Å²) in [5.41, 5.74) is 2.59. The van der Waals surface area contributed by atoms with E-state index in [1.54, 1.807) is 0 Å². The molecule has 0 amide bonds. The Balaban J connectivity index is 2.10. The fourth-order valence-corrected chi connectivity index (χ4v) is 3.04. The van der Waals surface area contributed by atoms with E-state index < -0.39 is 0 Å². The van der Waals surface area contributed by atoms with Gasteiger partial charge in [0.1, 0.15) is 5.82 Å². The van der Waals surface area contributed by atoms with E-state index in [0.29, 0.717) is 6.10 Å². The van der Waals surface area contributed by atoms with Gasteiger partial charge in [-0.2, -0.15) is 0 Å². The number of hydrogen-bond acceptors (Lipinski definition) is 1. The van der Waals surface area contributed by atoms with Crippen LogP contribution in [0.3, 0.4) is 0 Å². The predicted molar refractivity (Wildman–Crippen MR) is 71.1 cm³/mol. The first-order valence-corrected chi connectivity index (χ1v) is 7.02. The first-order chi connectivity index (χ1) is 8.08. The minimum absolute atomic E-state index is 0.0921. The Kier molecular flexibility index (Phi) is 4.21. The third-order valence-corrected chi connectivity index (χ3v) is 4.22. The van der Waals surface area contributed by atoms with Gasteiger partial charge in [0, 0.05) is 11.4 Å². The van der Waals surface area contributed by atoms with Gasteiger partial charge in [-0.05, 0) is 49.8 Å². The molecule has 0 aromatic heterocycles. The third kappa shape index (κ3) is 3.08. The van der Waals surface area contributed by atoms with Crippen LogP contribution in [-0.2, 0) is 4.74 Å². The standard InChI is InChI=1S/C14H18BrFO/c1-9-6-11(7-10(2)14(9)16)13(15)8-12-4-3-5-17-12/h6-7,12-13H,3-5,8H2,1-2H3. The van der Waals surface area contributed by atoms with Crippen LogP contribution in [0.4, 0.5) is 4.39 Å². The molecular formula is C14H18BrFO. The molecule has 1 aliphatic rings. The van der Waals surface area contributed by atoms with Crippen LogP contribution in [0.25, 0.3) is 0 Å². The molecule has 1 saturated heterocycles. The second-order valence-corrected chi connectivity index (χ2v) is 5.91. The van der Waals surface area contributed by atoms with Gasteiger partial charge in [-0.1, -0.05) is 28.1 Å². The Morgan fingerprint density at radius 3 is 2.59 bits per heavy atom. The Hall–Kier alpha value is -0.410. The lowest BCUT2D eigenvalue weighted by Crippen LogP contribution is -2.08. The zero-order valence-corrected chi connectivity index (χ0v) is 11.9. The Morgan fingerprint density at radius 2 is 2.06 bits per heavy atom. The minimum Gasteiger partial charge on any atom is -0.378 e. The fraction of sp³-hybridized carbons (Fsp3) is 0.571. The first kappa shape index (κ1) is 13.0. The van der Waals surface area contributed by atoms with Crippen LogP contribution in [0.15, 0.2) is 12.1 Å². The van der Waals surface area contributed by atoms with Gasteiger partial charge in [0.2, 0.25) is 0 Å². The van der Waals surface area contributed by atoms with Gasteiger partial charge in [-0.25, -0.2) is 4.39 Å². The van der Waals surface area contributed by atoms with Gasteiger partial charge in [0.15, 0.2) is 0 Å². The van der Waals surface area contributed by atoms with Crippen LogP contribution in [0.1, 0.15) is 40.8 Å². The first-order valence-electron chi connectivity index (χ1n) is 6.10. The van der Waals surface area contributed by atoms with Gasteiger partial charge in [0.05, 0.1) is 6.10 Å². The molecule has 2 rings (SSSR count). The normalized spacial score (nSPS) is 21.8. The number of rotatable bonds is 3. The maximum atomic E-state index is 13.5. The number of alkyl halides is 1. The van der Waals surface area contributed by atoms with Gasteiger partial charge in [0.25, 0.3) is 0 Å². The second kappa shape index (κ2) is 5.49. The van der Waals surface area contributed by atoms with Crippen molar-refractivity contribution < 1.29 is 9.13 Å². The molecule has 0 saturated carbocycles. The molecule has 1 aliphatic heterocycles. The van der Waals surface area contributed by atoms with Crippen LogP contribution in [0, 0.1) is 19.7 Å². The highest BCUT2D eigenvalue weighted by Gasteiger charge is 2.21.